The van der Waals surface area contributed by atoms with E-state index in [1.54, 1.807) is 30.4 Å². The minimum absolute atomic E-state index is 0.0412. The van der Waals surface area contributed by atoms with Gasteiger partial charge in [0, 0.05) is 12.8 Å². The lowest BCUT2D eigenvalue weighted by molar-refractivity contribution is -0.140. The molecule has 0 aromatic heterocycles. The predicted octanol–water partition coefficient (Wildman–Crippen LogP) is 3.12. The van der Waals surface area contributed by atoms with Crippen LogP contribution in [0.2, 0.25) is 0 Å². The number of unbranched alkanes of at least 4 members (excludes halogenated alkanes) is 1. The van der Waals surface area contributed by atoms with Gasteiger partial charge in [0.2, 0.25) is 0 Å². The van der Waals surface area contributed by atoms with Gasteiger partial charge in [-0.2, -0.15) is 0 Å². The average molecular weight is 294 g/mol. The maximum atomic E-state index is 11.5. The number of rotatable bonds is 11. The number of ether oxygens (including phenoxy) is 1. The van der Waals surface area contributed by atoms with E-state index in [0.717, 1.165) is 12.8 Å². The summed E-state index contributed by atoms with van der Waals surface area (Å²) in [4.78, 5) is 22.4. The van der Waals surface area contributed by atoms with Gasteiger partial charge < -0.3 is 9.84 Å². The molecular formula is C17H26O4. The second kappa shape index (κ2) is 13.3. The van der Waals surface area contributed by atoms with Crippen LogP contribution in [-0.2, 0) is 14.3 Å². The Morgan fingerprint density at radius 2 is 1.76 bits per heavy atom. The molecular weight excluding hydrogens is 268 g/mol. The number of aliphatic hydroxyl groups is 1. The maximum Gasteiger partial charge on any atom is 0.305 e. The molecule has 4 heteroatoms. The fraction of sp³-hybridized carbons (Fsp3) is 0.529. The Morgan fingerprint density at radius 1 is 1.10 bits per heavy atom. The van der Waals surface area contributed by atoms with Gasteiger partial charge in [0.1, 0.15) is 0 Å². The van der Waals surface area contributed by atoms with Crippen LogP contribution < -0.4 is 0 Å². The first-order chi connectivity index (χ1) is 10.1. The van der Waals surface area contributed by atoms with Crippen LogP contribution in [0.4, 0.5) is 0 Å². The summed E-state index contributed by atoms with van der Waals surface area (Å²) in [5, 5.41) is 9.45. The second-order valence-electron chi connectivity index (χ2n) is 4.73. The lowest BCUT2D eigenvalue weighted by Gasteiger charge is -1.99. The monoisotopic (exact) mass is 294 g/mol. The lowest BCUT2D eigenvalue weighted by Crippen LogP contribution is -2.00. The molecule has 0 fully saturated rings. The fourth-order valence-electron chi connectivity index (χ4n) is 1.63. The molecule has 0 amide bonds. The molecule has 118 valence electrons. The van der Waals surface area contributed by atoms with Crippen LogP contribution in [0.5, 0.6) is 0 Å². The molecule has 0 aliphatic rings. The van der Waals surface area contributed by atoms with Gasteiger partial charge in [-0.15, -0.1) is 0 Å². The van der Waals surface area contributed by atoms with Crippen molar-refractivity contribution in [2.75, 3.05) is 7.11 Å². The smallest absolute Gasteiger partial charge is 0.305 e. The second-order valence-corrected chi connectivity index (χ2v) is 4.73. The van der Waals surface area contributed by atoms with Crippen LogP contribution in [0, 0.1) is 0 Å². The van der Waals surface area contributed by atoms with E-state index in [2.05, 4.69) is 4.74 Å². The van der Waals surface area contributed by atoms with Gasteiger partial charge in [-0.05, 0) is 25.3 Å². The Morgan fingerprint density at radius 3 is 2.43 bits per heavy atom. The van der Waals surface area contributed by atoms with E-state index in [1.165, 1.54) is 13.2 Å². The highest BCUT2D eigenvalue weighted by atomic mass is 16.5. The van der Waals surface area contributed by atoms with Crippen molar-refractivity contribution in [3.63, 3.8) is 0 Å². The molecule has 0 aliphatic heterocycles. The molecule has 0 aromatic carbocycles. The van der Waals surface area contributed by atoms with Crippen molar-refractivity contribution in [1.29, 1.82) is 0 Å². The summed E-state index contributed by atoms with van der Waals surface area (Å²) in [6.45, 7) is 2.02. The van der Waals surface area contributed by atoms with E-state index in [4.69, 9.17) is 0 Å². The summed E-state index contributed by atoms with van der Waals surface area (Å²) < 4.78 is 4.52. The molecule has 1 N–H and O–H groups in total. The first-order valence-electron chi connectivity index (χ1n) is 7.39. The van der Waals surface area contributed by atoms with E-state index in [9.17, 15) is 14.7 Å². The highest BCUT2D eigenvalue weighted by molar-refractivity contribution is 5.89. The molecule has 0 spiro atoms. The summed E-state index contributed by atoms with van der Waals surface area (Å²) in [6, 6.07) is 0. The number of carbonyl (C=O) groups excluding carboxylic acids is 2. The molecule has 0 rings (SSSR count). The SMILES string of the molecule is CCCC(O)C=CC=CC=CC(=O)CCCCC(=O)OC. The Kier molecular flexibility index (Phi) is 12.2. The molecule has 1 unspecified atom stereocenters. The Bertz CT molecular complexity index is 380. The van der Waals surface area contributed by atoms with E-state index in [0.29, 0.717) is 25.7 Å². The van der Waals surface area contributed by atoms with Crippen molar-refractivity contribution in [2.45, 2.75) is 51.6 Å². The lowest BCUT2D eigenvalue weighted by atomic mass is 10.1. The Labute approximate surface area is 127 Å². The summed E-state index contributed by atoms with van der Waals surface area (Å²) >= 11 is 0. The number of esters is 1. The van der Waals surface area contributed by atoms with Gasteiger partial charge in [0.25, 0.3) is 0 Å². The summed E-state index contributed by atoms with van der Waals surface area (Å²) in [5.41, 5.74) is 0. The average Bonchev–Trinajstić information content (AvgIpc) is 2.47. The van der Waals surface area contributed by atoms with Crippen LogP contribution in [0.25, 0.3) is 0 Å². The number of carbonyl (C=O) groups is 2. The number of methoxy groups -OCH3 is 1. The summed E-state index contributed by atoms with van der Waals surface area (Å²) in [6.07, 6.45) is 13.7. The van der Waals surface area contributed by atoms with Crippen molar-refractivity contribution in [2.24, 2.45) is 0 Å². The number of aliphatic hydroxyl groups excluding tert-OH is 1. The quantitative estimate of drug-likeness (QED) is 0.275. The largest absolute Gasteiger partial charge is 0.469 e. The zero-order valence-electron chi connectivity index (χ0n) is 13.0. The number of allylic oxidation sites excluding steroid dienone is 5. The summed E-state index contributed by atoms with van der Waals surface area (Å²) in [5.74, 6) is -0.197. The van der Waals surface area contributed by atoms with Crippen molar-refractivity contribution in [3.05, 3.63) is 36.5 Å². The van der Waals surface area contributed by atoms with Crippen molar-refractivity contribution >= 4 is 11.8 Å². The Hall–Kier alpha value is -1.68. The maximum absolute atomic E-state index is 11.5. The van der Waals surface area contributed by atoms with Crippen LogP contribution in [0.15, 0.2) is 36.5 Å². The zero-order valence-corrected chi connectivity index (χ0v) is 13.0. The van der Waals surface area contributed by atoms with Gasteiger partial charge in [0.05, 0.1) is 13.2 Å². The van der Waals surface area contributed by atoms with Gasteiger partial charge >= 0.3 is 5.97 Å². The van der Waals surface area contributed by atoms with Gasteiger partial charge in [-0.1, -0.05) is 43.7 Å². The number of ketones is 1. The predicted molar refractivity (Wildman–Crippen MR) is 83.8 cm³/mol. The third kappa shape index (κ3) is 13.1. The standard InChI is InChI=1S/C17H26O4/c1-3-10-15(18)11-6-4-5-7-12-16(19)13-8-9-14-17(20)21-2/h4-7,11-12,15,18H,3,8-10,13-14H2,1-2H3. The van der Waals surface area contributed by atoms with Crippen molar-refractivity contribution in [1.82, 2.24) is 0 Å². The Balaban J connectivity index is 3.77. The number of hydrogen-bond acceptors (Lipinski definition) is 4. The first-order valence-corrected chi connectivity index (χ1v) is 7.39. The number of hydrogen-bond donors (Lipinski definition) is 1. The molecule has 0 saturated carbocycles. The fourth-order valence-corrected chi connectivity index (χ4v) is 1.63. The molecule has 0 saturated heterocycles. The molecule has 0 heterocycles. The molecule has 21 heavy (non-hydrogen) atoms. The molecule has 0 radical (unpaired) electrons. The van der Waals surface area contributed by atoms with Crippen LogP contribution in [0.3, 0.4) is 0 Å². The third-order valence-electron chi connectivity index (χ3n) is 2.81. The molecule has 4 nitrogen and oxygen atoms in total. The van der Waals surface area contributed by atoms with Gasteiger partial charge in [0.15, 0.2) is 5.78 Å². The van der Waals surface area contributed by atoms with Crippen LogP contribution in [-0.4, -0.2) is 30.1 Å². The highest BCUT2D eigenvalue weighted by Gasteiger charge is 2.01. The molecule has 0 bridgehead atoms. The normalized spacial score (nSPS) is 13.3. The minimum Gasteiger partial charge on any atom is -0.469 e. The van der Waals surface area contributed by atoms with Crippen molar-refractivity contribution < 1.29 is 19.4 Å². The van der Waals surface area contributed by atoms with E-state index in [1.807, 2.05) is 6.92 Å². The van der Waals surface area contributed by atoms with Crippen LogP contribution in [0.1, 0.15) is 45.4 Å². The highest BCUT2D eigenvalue weighted by Crippen LogP contribution is 2.02. The van der Waals surface area contributed by atoms with Crippen molar-refractivity contribution in [3.8, 4) is 0 Å². The van der Waals surface area contributed by atoms with E-state index < -0.39 is 6.10 Å². The third-order valence-corrected chi connectivity index (χ3v) is 2.81. The molecule has 0 aromatic rings. The zero-order chi connectivity index (χ0) is 15.9. The van der Waals surface area contributed by atoms with Crippen LogP contribution >= 0.6 is 0 Å². The van der Waals surface area contributed by atoms with Gasteiger partial charge in [-0.25, -0.2) is 0 Å². The molecule has 0 aliphatic carbocycles. The minimum atomic E-state index is -0.403. The molecule has 1 atom stereocenters. The summed E-state index contributed by atoms with van der Waals surface area (Å²) in [7, 11) is 1.36. The van der Waals surface area contributed by atoms with Gasteiger partial charge in [-0.3, -0.25) is 9.59 Å². The first kappa shape index (κ1) is 19.3. The van der Waals surface area contributed by atoms with E-state index in [-0.39, 0.29) is 11.8 Å². The van der Waals surface area contributed by atoms with E-state index >= 15 is 0 Å². The topological polar surface area (TPSA) is 63.6 Å².